The molecule has 4 nitrogen and oxygen atoms in total. The summed E-state index contributed by atoms with van der Waals surface area (Å²) in [4.78, 5) is 12.5. The second kappa shape index (κ2) is 6.02. The van der Waals surface area contributed by atoms with Crippen molar-refractivity contribution in [2.75, 3.05) is 19.8 Å². The van der Waals surface area contributed by atoms with Gasteiger partial charge in [0.25, 0.3) is 0 Å². The number of hydrogen-bond donors (Lipinski definition) is 2. The van der Waals surface area contributed by atoms with E-state index in [-0.39, 0.29) is 17.4 Å². The van der Waals surface area contributed by atoms with Crippen molar-refractivity contribution in [2.24, 2.45) is 17.1 Å². The first-order valence-corrected chi connectivity index (χ1v) is 7.27. The van der Waals surface area contributed by atoms with Gasteiger partial charge in [-0.3, -0.25) is 4.79 Å². The minimum absolute atomic E-state index is 0.146. The molecule has 0 aromatic carbocycles. The fraction of sp³-hybridized carbons (Fsp3) is 0.929. The van der Waals surface area contributed by atoms with Crippen LogP contribution >= 0.6 is 0 Å². The Hall–Kier alpha value is -0.610. The SMILES string of the molecule is C[C@@H](NC(=O)C1(CN)CCOCC1)C1CCCC1. The number of nitrogens with two attached hydrogens (primary N) is 1. The van der Waals surface area contributed by atoms with Crippen LogP contribution in [0.15, 0.2) is 0 Å². The molecule has 0 unspecified atom stereocenters. The average molecular weight is 254 g/mol. The summed E-state index contributed by atoms with van der Waals surface area (Å²) >= 11 is 0. The molecule has 0 spiro atoms. The molecule has 2 aliphatic rings. The Morgan fingerprint density at radius 3 is 2.56 bits per heavy atom. The highest BCUT2D eigenvalue weighted by atomic mass is 16.5. The maximum atomic E-state index is 12.5. The number of hydrogen-bond acceptors (Lipinski definition) is 3. The highest BCUT2D eigenvalue weighted by Crippen LogP contribution is 2.31. The summed E-state index contributed by atoms with van der Waals surface area (Å²) < 4.78 is 5.35. The molecule has 0 radical (unpaired) electrons. The third-order valence-corrected chi connectivity index (χ3v) is 4.79. The van der Waals surface area contributed by atoms with Crippen molar-refractivity contribution in [2.45, 2.75) is 51.5 Å². The number of carbonyl (C=O) groups excluding carboxylic acids is 1. The molecule has 18 heavy (non-hydrogen) atoms. The molecule has 104 valence electrons. The van der Waals surface area contributed by atoms with E-state index in [2.05, 4.69) is 12.2 Å². The van der Waals surface area contributed by atoms with Crippen LogP contribution in [0.4, 0.5) is 0 Å². The Morgan fingerprint density at radius 2 is 2.00 bits per heavy atom. The Balaban J connectivity index is 1.92. The van der Waals surface area contributed by atoms with E-state index in [0.717, 1.165) is 12.8 Å². The monoisotopic (exact) mass is 254 g/mol. The molecule has 0 aromatic heterocycles. The van der Waals surface area contributed by atoms with E-state index in [1.807, 2.05) is 0 Å². The van der Waals surface area contributed by atoms with Gasteiger partial charge < -0.3 is 15.8 Å². The Bertz CT molecular complexity index is 282. The minimum atomic E-state index is -0.384. The summed E-state index contributed by atoms with van der Waals surface area (Å²) in [6, 6.07) is 0.284. The quantitative estimate of drug-likeness (QED) is 0.798. The summed E-state index contributed by atoms with van der Waals surface area (Å²) in [6.45, 7) is 3.88. The Morgan fingerprint density at radius 1 is 1.39 bits per heavy atom. The van der Waals surface area contributed by atoms with Gasteiger partial charge >= 0.3 is 0 Å². The summed E-state index contributed by atoms with van der Waals surface area (Å²) in [6.07, 6.45) is 6.63. The number of amides is 1. The van der Waals surface area contributed by atoms with Crippen molar-refractivity contribution in [3.8, 4) is 0 Å². The van der Waals surface area contributed by atoms with Crippen molar-refractivity contribution in [3.63, 3.8) is 0 Å². The summed E-state index contributed by atoms with van der Waals surface area (Å²) in [5.74, 6) is 0.802. The van der Waals surface area contributed by atoms with E-state index < -0.39 is 0 Å². The molecule has 0 bridgehead atoms. The molecule has 0 aromatic rings. The molecule has 2 fully saturated rings. The van der Waals surface area contributed by atoms with E-state index in [4.69, 9.17) is 10.5 Å². The largest absolute Gasteiger partial charge is 0.381 e. The molecule has 3 N–H and O–H groups in total. The summed E-state index contributed by atoms with van der Waals surface area (Å²) in [5.41, 5.74) is 5.47. The smallest absolute Gasteiger partial charge is 0.227 e. The second-order valence-electron chi connectivity index (χ2n) is 5.90. The summed E-state index contributed by atoms with van der Waals surface area (Å²) in [5, 5.41) is 3.21. The van der Waals surface area contributed by atoms with Gasteiger partial charge in [-0.05, 0) is 38.5 Å². The average Bonchev–Trinajstić information content (AvgIpc) is 2.93. The van der Waals surface area contributed by atoms with Gasteiger partial charge in [-0.15, -0.1) is 0 Å². The lowest BCUT2D eigenvalue weighted by atomic mass is 9.79. The van der Waals surface area contributed by atoms with Crippen molar-refractivity contribution < 1.29 is 9.53 Å². The molecule has 1 aliphatic heterocycles. The molecule has 1 saturated carbocycles. The highest BCUT2D eigenvalue weighted by Gasteiger charge is 2.39. The Labute approximate surface area is 110 Å². The fourth-order valence-corrected chi connectivity index (χ4v) is 3.22. The number of nitrogens with one attached hydrogen (secondary N) is 1. The van der Waals surface area contributed by atoms with Crippen LogP contribution in [0.2, 0.25) is 0 Å². The fourth-order valence-electron chi connectivity index (χ4n) is 3.22. The van der Waals surface area contributed by atoms with Gasteiger partial charge in [-0.1, -0.05) is 12.8 Å². The first-order chi connectivity index (χ1) is 8.68. The molecule has 1 aliphatic carbocycles. The van der Waals surface area contributed by atoms with Crippen LogP contribution in [-0.4, -0.2) is 31.7 Å². The maximum absolute atomic E-state index is 12.5. The van der Waals surface area contributed by atoms with Gasteiger partial charge in [0.05, 0.1) is 5.41 Å². The standard InChI is InChI=1S/C14H26N2O2/c1-11(12-4-2-3-5-12)16-13(17)14(10-15)6-8-18-9-7-14/h11-12H,2-10,15H2,1H3,(H,16,17)/t11-/m1/s1. The van der Waals surface area contributed by atoms with Crippen LogP contribution in [0.3, 0.4) is 0 Å². The van der Waals surface area contributed by atoms with Crippen molar-refractivity contribution in [3.05, 3.63) is 0 Å². The first kappa shape index (κ1) is 13.8. The molecule has 4 heteroatoms. The van der Waals surface area contributed by atoms with Crippen molar-refractivity contribution >= 4 is 5.91 Å². The van der Waals surface area contributed by atoms with E-state index >= 15 is 0 Å². The van der Waals surface area contributed by atoms with Crippen LogP contribution in [0.25, 0.3) is 0 Å². The van der Waals surface area contributed by atoms with Crippen LogP contribution in [0, 0.1) is 11.3 Å². The zero-order chi connectivity index (χ0) is 13.0. The topological polar surface area (TPSA) is 64.4 Å². The molecular formula is C14H26N2O2. The lowest BCUT2D eigenvalue weighted by Gasteiger charge is -2.36. The molecule has 2 rings (SSSR count). The minimum Gasteiger partial charge on any atom is -0.381 e. The molecule has 1 amide bonds. The van der Waals surface area contributed by atoms with Gasteiger partial charge in [-0.25, -0.2) is 0 Å². The van der Waals surface area contributed by atoms with Crippen LogP contribution in [0.5, 0.6) is 0 Å². The van der Waals surface area contributed by atoms with Crippen molar-refractivity contribution in [1.29, 1.82) is 0 Å². The predicted octanol–water partition coefficient (Wildman–Crippen LogP) is 1.44. The van der Waals surface area contributed by atoms with Gasteiger partial charge in [0, 0.05) is 25.8 Å². The maximum Gasteiger partial charge on any atom is 0.227 e. The number of ether oxygens (including phenoxy) is 1. The molecule has 1 atom stereocenters. The van der Waals surface area contributed by atoms with E-state index in [0.29, 0.717) is 25.7 Å². The zero-order valence-corrected chi connectivity index (χ0v) is 11.4. The lowest BCUT2D eigenvalue weighted by molar-refractivity contribution is -0.136. The van der Waals surface area contributed by atoms with Crippen LogP contribution in [-0.2, 0) is 9.53 Å². The van der Waals surface area contributed by atoms with Gasteiger partial charge in [0.15, 0.2) is 0 Å². The van der Waals surface area contributed by atoms with E-state index in [1.54, 1.807) is 0 Å². The van der Waals surface area contributed by atoms with Crippen LogP contribution in [0.1, 0.15) is 45.4 Å². The normalized spacial score (nSPS) is 25.9. The summed E-state index contributed by atoms with van der Waals surface area (Å²) in [7, 11) is 0. The third kappa shape index (κ3) is 2.86. The van der Waals surface area contributed by atoms with Gasteiger partial charge in [-0.2, -0.15) is 0 Å². The van der Waals surface area contributed by atoms with E-state index in [1.165, 1.54) is 25.7 Å². The molecular weight excluding hydrogens is 228 g/mol. The molecule has 1 saturated heterocycles. The molecule has 1 heterocycles. The highest BCUT2D eigenvalue weighted by molar-refractivity contribution is 5.83. The van der Waals surface area contributed by atoms with Gasteiger partial charge in [0.1, 0.15) is 0 Å². The Kier molecular flexibility index (Phi) is 4.62. The van der Waals surface area contributed by atoms with E-state index in [9.17, 15) is 4.79 Å². The van der Waals surface area contributed by atoms with Crippen LogP contribution < -0.4 is 11.1 Å². The first-order valence-electron chi connectivity index (χ1n) is 7.27. The zero-order valence-electron chi connectivity index (χ0n) is 11.4. The predicted molar refractivity (Wildman–Crippen MR) is 71.1 cm³/mol. The number of rotatable bonds is 4. The second-order valence-corrected chi connectivity index (χ2v) is 5.90. The lowest BCUT2D eigenvalue weighted by Crippen LogP contribution is -2.52. The van der Waals surface area contributed by atoms with Gasteiger partial charge in [0.2, 0.25) is 5.91 Å². The number of carbonyl (C=O) groups is 1. The third-order valence-electron chi connectivity index (χ3n) is 4.79. The van der Waals surface area contributed by atoms with Crippen molar-refractivity contribution in [1.82, 2.24) is 5.32 Å².